The number of hydrogen-bond donors (Lipinski definition) is 1. The molecule has 0 bridgehead atoms. The van der Waals surface area contributed by atoms with E-state index in [1.54, 1.807) is 42.5 Å². The van der Waals surface area contributed by atoms with Crippen LogP contribution >= 0.6 is 22.9 Å². The summed E-state index contributed by atoms with van der Waals surface area (Å²) in [7, 11) is 0. The summed E-state index contributed by atoms with van der Waals surface area (Å²) >= 11 is 7.37. The third-order valence-corrected chi connectivity index (χ3v) is 5.01. The standard InChI is InChI=1S/C19H15ClFNO2S/c1-12-14(20)5-4-7-16(12)22-19(23)18-9-13(11-25-18)10-24-17-8-3-2-6-15(17)21/h2-9,11H,10H2,1H3,(H,22,23). The van der Waals surface area contributed by atoms with E-state index in [2.05, 4.69) is 5.32 Å². The first kappa shape index (κ1) is 17.5. The number of hydrogen-bond acceptors (Lipinski definition) is 3. The van der Waals surface area contributed by atoms with Crippen LogP contribution in [0.2, 0.25) is 5.02 Å². The van der Waals surface area contributed by atoms with Crippen molar-refractivity contribution >= 4 is 34.5 Å². The van der Waals surface area contributed by atoms with Crippen molar-refractivity contribution in [3.8, 4) is 5.75 Å². The summed E-state index contributed by atoms with van der Waals surface area (Å²) in [5.74, 6) is -0.436. The molecule has 1 N–H and O–H groups in total. The lowest BCUT2D eigenvalue weighted by Gasteiger charge is -2.08. The lowest BCUT2D eigenvalue weighted by Crippen LogP contribution is -2.11. The molecule has 0 aliphatic heterocycles. The minimum Gasteiger partial charge on any atom is -0.486 e. The largest absolute Gasteiger partial charge is 0.486 e. The van der Waals surface area contributed by atoms with Crippen LogP contribution in [0, 0.1) is 12.7 Å². The Kier molecular flexibility index (Phi) is 5.36. The van der Waals surface area contributed by atoms with Gasteiger partial charge < -0.3 is 10.1 Å². The van der Waals surface area contributed by atoms with Crippen LogP contribution in [0.3, 0.4) is 0 Å². The molecule has 1 heterocycles. The number of ether oxygens (including phenoxy) is 1. The molecule has 0 saturated carbocycles. The minimum absolute atomic E-state index is 0.189. The highest BCUT2D eigenvalue weighted by Crippen LogP contribution is 2.25. The summed E-state index contributed by atoms with van der Waals surface area (Å²) in [5.41, 5.74) is 2.30. The van der Waals surface area contributed by atoms with Gasteiger partial charge in [-0.3, -0.25) is 4.79 Å². The van der Waals surface area contributed by atoms with Gasteiger partial charge in [-0.2, -0.15) is 0 Å². The van der Waals surface area contributed by atoms with Gasteiger partial charge in [0.1, 0.15) is 6.61 Å². The van der Waals surface area contributed by atoms with Crippen LogP contribution in [-0.2, 0) is 6.61 Å². The number of thiophene rings is 1. The predicted molar refractivity (Wildman–Crippen MR) is 99.2 cm³/mol. The van der Waals surface area contributed by atoms with Gasteiger partial charge in [0, 0.05) is 16.3 Å². The summed E-state index contributed by atoms with van der Waals surface area (Å²) in [6.45, 7) is 2.04. The molecule has 1 aromatic heterocycles. The highest BCUT2D eigenvalue weighted by atomic mass is 35.5. The van der Waals surface area contributed by atoms with Crippen LogP contribution in [-0.4, -0.2) is 5.91 Å². The number of halogens is 2. The average molecular weight is 376 g/mol. The summed E-state index contributed by atoms with van der Waals surface area (Å²) in [6.07, 6.45) is 0. The summed E-state index contributed by atoms with van der Waals surface area (Å²) in [6, 6.07) is 13.3. The minimum atomic E-state index is -0.410. The molecule has 0 aliphatic carbocycles. The Hall–Kier alpha value is -2.37. The van der Waals surface area contributed by atoms with Crippen LogP contribution < -0.4 is 10.1 Å². The second-order valence-electron chi connectivity index (χ2n) is 5.40. The molecule has 0 radical (unpaired) electrons. The number of amides is 1. The van der Waals surface area contributed by atoms with E-state index < -0.39 is 5.82 Å². The van der Waals surface area contributed by atoms with Crippen molar-refractivity contribution in [3.05, 3.63) is 80.8 Å². The maximum absolute atomic E-state index is 13.5. The van der Waals surface area contributed by atoms with Crippen molar-refractivity contribution in [1.82, 2.24) is 0 Å². The average Bonchev–Trinajstić information content (AvgIpc) is 3.07. The first-order chi connectivity index (χ1) is 12.0. The van der Waals surface area contributed by atoms with E-state index in [1.165, 1.54) is 17.4 Å². The molecular weight excluding hydrogens is 361 g/mol. The van der Waals surface area contributed by atoms with Gasteiger partial charge in [0.15, 0.2) is 11.6 Å². The third kappa shape index (κ3) is 4.18. The number of benzene rings is 2. The van der Waals surface area contributed by atoms with E-state index in [0.29, 0.717) is 15.6 Å². The smallest absolute Gasteiger partial charge is 0.265 e. The lowest BCUT2D eigenvalue weighted by atomic mass is 10.2. The Bertz CT molecular complexity index is 910. The third-order valence-electron chi connectivity index (χ3n) is 3.62. The highest BCUT2D eigenvalue weighted by molar-refractivity contribution is 7.12. The Balaban J connectivity index is 1.65. The van der Waals surface area contributed by atoms with Crippen LogP contribution in [0.5, 0.6) is 5.75 Å². The first-order valence-corrected chi connectivity index (χ1v) is 8.81. The highest BCUT2D eigenvalue weighted by Gasteiger charge is 2.12. The van der Waals surface area contributed by atoms with Gasteiger partial charge in [-0.25, -0.2) is 4.39 Å². The van der Waals surface area contributed by atoms with Crippen molar-refractivity contribution in [2.75, 3.05) is 5.32 Å². The fourth-order valence-electron chi connectivity index (χ4n) is 2.22. The van der Waals surface area contributed by atoms with Crippen LogP contribution in [0.15, 0.2) is 53.9 Å². The Morgan fingerprint density at radius 2 is 2.04 bits per heavy atom. The molecule has 6 heteroatoms. The second kappa shape index (κ2) is 7.68. The molecule has 3 aromatic rings. The lowest BCUT2D eigenvalue weighted by molar-refractivity contribution is 0.103. The van der Waals surface area contributed by atoms with Crippen LogP contribution in [0.1, 0.15) is 20.8 Å². The van der Waals surface area contributed by atoms with Gasteiger partial charge in [-0.1, -0.05) is 29.8 Å². The molecule has 2 aromatic carbocycles. The Morgan fingerprint density at radius 1 is 1.24 bits per heavy atom. The van der Waals surface area contributed by atoms with Gasteiger partial charge in [0.2, 0.25) is 0 Å². The quantitative estimate of drug-likeness (QED) is 0.623. The van der Waals surface area contributed by atoms with Gasteiger partial charge >= 0.3 is 0 Å². The van der Waals surface area contributed by atoms with E-state index in [-0.39, 0.29) is 18.3 Å². The van der Waals surface area contributed by atoms with Crippen molar-refractivity contribution < 1.29 is 13.9 Å². The van der Waals surface area contributed by atoms with Crippen molar-refractivity contribution in [2.24, 2.45) is 0 Å². The van der Waals surface area contributed by atoms with Crippen LogP contribution in [0.4, 0.5) is 10.1 Å². The SMILES string of the molecule is Cc1c(Cl)cccc1NC(=O)c1cc(COc2ccccc2F)cs1. The topological polar surface area (TPSA) is 38.3 Å². The van der Waals surface area contributed by atoms with E-state index in [0.717, 1.165) is 11.1 Å². The van der Waals surface area contributed by atoms with Gasteiger partial charge in [0.25, 0.3) is 5.91 Å². The molecule has 0 aliphatic rings. The van der Waals surface area contributed by atoms with E-state index in [9.17, 15) is 9.18 Å². The fourth-order valence-corrected chi connectivity index (χ4v) is 3.19. The number of nitrogens with one attached hydrogen (secondary N) is 1. The molecule has 0 spiro atoms. The number of carbonyl (C=O) groups excluding carboxylic acids is 1. The van der Waals surface area contributed by atoms with E-state index in [1.807, 2.05) is 12.3 Å². The predicted octanol–water partition coefficient (Wildman–Crippen LogP) is 5.68. The van der Waals surface area contributed by atoms with E-state index >= 15 is 0 Å². The maximum atomic E-state index is 13.5. The number of para-hydroxylation sites is 1. The van der Waals surface area contributed by atoms with Crippen molar-refractivity contribution in [3.63, 3.8) is 0 Å². The zero-order chi connectivity index (χ0) is 17.8. The molecule has 0 fully saturated rings. The summed E-state index contributed by atoms with van der Waals surface area (Å²) in [4.78, 5) is 12.9. The van der Waals surface area contributed by atoms with Crippen molar-refractivity contribution in [2.45, 2.75) is 13.5 Å². The number of carbonyl (C=O) groups is 1. The summed E-state index contributed by atoms with van der Waals surface area (Å²) in [5, 5.41) is 5.27. The van der Waals surface area contributed by atoms with Crippen LogP contribution in [0.25, 0.3) is 0 Å². The summed E-state index contributed by atoms with van der Waals surface area (Å²) < 4.78 is 19.0. The van der Waals surface area contributed by atoms with Crippen molar-refractivity contribution in [1.29, 1.82) is 0 Å². The maximum Gasteiger partial charge on any atom is 0.265 e. The zero-order valence-corrected chi connectivity index (χ0v) is 15.0. The molecule has 3 nitrogen and oxygen atoms in total. The fraction of sp³-hybridized carbons (Fsp3) is 0.105. The molecule has 0 unspecified atom stereocenters. The Morgan fingerprint density at radius 3 is 2.84 bits per heavy atom. The monoisotopic (exact) mass is 375 g/mol. The van der Waals surface area contributed by atoms with Gasteiger partial charge in [0.05, 0.1) is 4.88 Å². The molecule has 3 rings (SSSR count). The Labute approximate surface area is 154 Å². The van der Waals surface area contributed by atoms with E-state index in [4.69, 9.17) is 16.3 Å². The molecule has 0 atom stereocenters. The second-order valence-corrected chi connectivity index (χ2v) is 6.72. The number of anilines is 1. The van der Waals surface area contributed by atoms with Gasteiger partial charge in [-0.05, 0) is 48.2 Å². The zero-order valence-electron chi connectivity index (χ0n) is 13.4. The molecule has 0 saturated heterocycles. The molecular formula is C19H15ClFNO2S. The van der Waals surface area contributed by atoms with Gasteiger partial charge in [-0.15, -0.1) is 11.3 Å². The molecule has 25 heavy (non-hydrogen) atoms. The number of rotatable bonds is 5. The molecule has 128 valence electrons. The first-order valence-electron chi connectivity index (χ1n) is 7.56. The normalized spacial score (nSPS) is 10.5. The molecule has 1 amide bonds.